The van der Waals surface area contributed by atoms with Crippen LogP contribution in [0.5, 0.6) is 0 Å². The van der Waals surface area contributed by atoms with E-state index in [-0.39, 0.29) is 30.3 Å². The molecule has 268 valence electrons. The van der Waals surface area contributed by atoms with Gasteiger partial charge in [0.1, 0.15) is 0 Å². The molecule has 5 unspecified atom stereocenters. The van der Waals surface area contributed by atoms with Gasteiger partial charge in [-0.2, -0.15) is 0 Å². The maximum absolute atomic E-state index is 14.3. The molecule has 51 heavy (non-hydrogen) atoms. The number of nitrogens with zero attached hydrogens (tertiary/aromatic N) is 1. The molecule has 0 radical (unpaired) electrons. The normalized spacial score (nSPS) is 24.2. The van der Waals surface area contributed by atoms with Crippen LogP contribution in [0.15, 0.2) is 108 Å². The van der Waals surface area contributed by atoms with Crippen molar-refractivity contribution in [3.05, 3.63) is 141 Å². The molecule has 1 fully saturated rings. The van der Waals surface area contributed by atoms with Crippen LogP contribution < -0.4 is 5.32 Å². The number of rotatable bonds is 9. The third-order valence-corrected chi connectivity index (χ3v) is 12.5. The summed E-state index contributed by atoms with van der Waals surface area (Å²) in [5.41, 5.74) is 3.53. The molecule has 5 atom stereocenters. The van der Waals surface area contributed by atoms with E-state index in [1.165, 1.54) is 10.5 Å². The number of amides is 2. The van der Waals surface area contributed by atoms with E-state index < -0.39 is 17.1 Å². The minimum absolute atomic E-state index is 0.0468. The predicted molar refractivity (Wildman–Crippen MR) is 206 cm³/mol. The topological polar surface area (TPSA) is 89.9 Å². The Morgan fingerprint density at radius 2 is 1.73 bits per heavy atom. The molecule has 7 rings (SSSR count). The molecule has 2 bridgehead atoms. The van der Waals surface area contributed by atoms with Crippen molar-refractivity contribution in [1.29, 1.82) is 0 Å². The van der Waals surface area contributed by atoms with Crippen LogP contribution in [0.2, 0.25) is 0 Å². The summed E-state index contributed by atoms with van der Waals surface area (Å²) >= 11 is 1.68. The lowest BCUT2D eigenvalue weighted by Crippen LogP contribution is -2.56. The summed E-state index contributed by atoms with van der Waals surface area (Å²) < 4.78 is 0. The van der Waals surface area contributed by atoms with Crippen molar-refractivity contribution in [2.75, 3.05) is 13.1 Å². The van der Waals surface area contributed by atoms with Gasteiger partial charge in [0.15, 0.2) is 5.78 Å². The van der Waals surface area contributed by atoms with Crippen LogP contribution >= 0.6 is 11.3 Å². The number of urea groups is 1. The molecule has 3 aliphatic carbocycles. The number of ketones is 1. The quantitative estimate of drug-likeness (QED) is 0.120. The van der Waals surface area contributed by atoms with Crippen LogP contribution in [0, 0.1) is 5.41 Å². The maximum Gasteiger partial charge on any atom is 0.317 e. The SMILES string of the molecule is CC1=CCCC2(C)C(CCC2(O)CN(CCc2cccs2)C(=O)NC(C)c2ccccc2)c2ccc(cc2C(=O)c2ccccc2)CC(O)CC1. The van der Waals surface area contributed by atoms with Gasteiger partial charge in [-0.25, -0.2) is 4.79 Å². The van der Waals surface area contributed by atoms with Gasteiger partial charge in [0, 0.05) is 28.0 Å². The Bertz CT molecular complexity index is 1810. The Hall–Kier alpha value is -4.04. The number of hydrogen-bond donors (Lipinski definition) is 3. The van der Waals surface area contributed by atoms with E-state index >= 15 is 0 Å². The molecule has 3 aliphatic rings. The lowest BCUT2D eigenvalue weighted by molar-refractivity contribution is -0.0769. The molecule has 2 amide bonds. The fourth-order valence-corrected chi connectivity index (χ4v) is 9.01. The fraction of sp³-hybridized carbons (Fsp3) is 0.409. The van der Waals surface area contributed by atoms with Crippen LogP contribution in [0.4, 0.5) is 4.79 Å². The van der Waals surface area contributed by atoms with Crippen LogP contribution in [-0.4, -0.2) is 51.7 Å². The second-order valence-corrected chi connectivity index (χ2v) is 16.0. The van der Waals surface area contributed by atoms with Gasteiger partial charge in [-0.3, -0.25) is 4.79 Å². The summed E-state index contributed by atoms with van der Waals surface area (Å²) in [6, 6.07) is 29.2. The number of benzene rings is 3. The molecule has 6 nitrogen and oxygen atoms in total. The molecular weight excluding hydrogens is 653 g/mol. The van der Waals surface area contributed by atoms with E-state index in [9.17, 15) is 19.8 Å². The molecule has 0 aliphatic heterocycles. The largest absolute Gasteiger partial charge is 0.393 e. The molecule has 1 aromatic heterocycles. The lowest BCUT2D eigenvalue weighted by atomic mass is 9.64. The number of aliphatic hydroxyl groups is 2. The molecule has 1 saturated carbocycles. The van der Waals surface area contributed by atoms with Crippen molar-refractivity contribution in [2.24, 2.45) is 5.41 Å². The highest BCUT2D eigenvalue weighted by Gasteiger charge is 2.57. The molecule has 3 aromatic carbocycles. The van der Waals surface area contributed by atoms with E-state index in [1.807, 2.05) is 84.6 Å². The summed E-state index contributed by atoms with van der Waals surface area (Å²) in [5, 5.41) is 29.2. The number of carbonyl (C=O) groups is 2. The van der Waals surface area contributed by atoms with Crippen LogP contribution in [0.25, 0.3) is 0 Å². The fourth-order valence-electron chi connectivity index (χ4n) is 8.31. The zero-order valence-electron chi connectivity index (χ0n) is 30.2. The number of aliphatic hydroxyl groups excluding tert-OH is 1. The van der Waals surface area contributed by atoms with Crippen molar-refractivity contribution in [3.8, 4) is 0 Å². The third kappa shape index (κ3) is 8.38. The Balaban J connectivity index is 1.38. The van der Waals surface area contributed by atoms with Gasteiger partial charge < -0.3 is 20.4 Å². The monoisotopic (exact) mass is 704 g/mol. The highest BCUT2D eigenvalue weighted by Crippen LogP contribution is 2.59. The molecule has 0 spiro atoms. The first-order chi connectivity index (χ1) is 24.6. The first kappa shape index (κ1) is 36.7. The zero-order chi connectivity index (χ0) is 36.0. The van der Waals surface area contributed by atoms with E-state index in [0.29, 0.717) is 56.2 Å². The zero-order valence-corrected chi connectivity index (χ0v) is 31.0. The van der Waals surface area contributed by atoms with Gasteiger partial charge in [0.25, 0.3) is 0 Å². The molecule has 0 saturated heterocycles. The van der Waals surface area contributed by atoms with Gasteiger partial charge in [-0.15, -0.1) is 11.3 Å². The Labute approximate surface area is 307 Å². The standard InChI is InChI=1S/C44H52N2O4S/c1-31-12-10-24-43(3)40(38-21-19-33(28-36(47)20-18-31)29-39(38)41(48)35-15-8-5-9-16-35)22-25-44(43,50)30-46(26-23-37-17-11-27-51-37)42(49)45-32(2)34-13-6-4-7-14-34/h4-9,11-17,19,21,27,29,32,36,40,47,50H,10,18,20,22-26,28,30H2,1-3H3,(H,45,49). The minimum atomic E-state index is -1.21. The van der Waals surface area contributed by atoms with E-state index in [0.717, 1.165) is 29.5 Å². The van der Waals surface area contributed by atoms with Crippen molar-refractivity contribution in [2.45, 2.75) is 95.8 Å². The molecule has 4 aromatic rings. The van der Waals surface area contributed by atoms with Crippen LogP contribution in [-0.2, 0) is 12.8 Å². The molecule has 1 heterocycles. The molecule has 3 N–H and O–H groups in total. The number of hydrogen-bond acceptors (Lipinski definition) is 5. The summed E-state index contributed by atoms with van der Waals surface area (Å²) in [4.78, 5) is 31.4. The second-order valence-electron chi connectivity index (χ2n) is 15.0. The lowest BCUT2D eigenvalue weighted by Gasteiger charge is -2.46. The average Bonchev–Trinajstić information content (AvgIpc) is 3.75. The van der Waals surface area contributed by atoms with E-state index in [1.54, 1.807) is 11.3 Å². The van der Waals surface area contributed by atoms with Crippen molar-refractivity contribution in [1.82, 2.24) is 10.2 Å². The molecule has 7 heteroatoms. The smallest absolute Gasteiger partial charge is 0.317 e. The van der Waals surface area contributed by atoms with Crippen molar-refractivity contribution in [3.63, 3.8) is 0 Å². The van der Waals surface area contributed by atoms with Gasteiger partial charge in [0.05, 0.1) is 24.3 Å². The minimum Gasteiger partial charge on any atom is -0.393 e. The third-order valence-electron chi connectivity index (χ3n) is 11.5. The highest BCUT2D eigenvalue weighted by atomic mass is 32.1. The van der Waals surface area contributed by atoms with E-state index in [4.69, 9.17) is 0 Å². The van der Waals surface area contributed by atoms with Crippen LogP contribution in [0.3, 0.4) is 0 Å². The molecular formula is C44H52N2O4S. The van der Waals surface area contributed by atoms with Gasteiger partial charge in [-0.05, 0) is 105 Å². The first-order valence-corrected chi connectivity index (χ1v) is 19.4. The van der Waals surface area contributed by atoms with Crippen molar-refractivity contribution < 1.29 is 19.8 Å². The summed E-state index contributed by atoms with van der Waals surface area (Å²) in [5.74, 6) is -0.166. The Morgan fingerprint density at radius 3 is 2.45 bits per heavy atom. The number of carbonyl (C=O) groups excluding carboxylic acids is 2. The predicted octanol–water partition coefficient (Wildman–Crippen LogP) is 9.03. The first-order valence-electron chi connectivity index (χ1n) is 18.5. The summed E-state index contributed by atoms with van der Waals surface area (Å²) in [7, 11) is 0. The van der Waals surface area contributed by atoms with Crippen LogP contribution in [0.1, 0.15) is 109 Å². The summed E-state index contributed by atoms with van der Waals surface area (Å²) in [6.07, 6.45) is 7.00. The average molecular weight is 705 g/mol. The maximum atomic E-state index is 14.3. The van der Waals surface area contributed by atoms with Gasteiger partial charge in [0.2, 0.25) is 0 Å². The number of fused-ring (bicyclic) bond motifs is 8. The second kappa shape index (κ2) is 16.1. The number of allylic oxidation sites excluding steroid dienone is 2. The van der Waals surface area contributed by atoms with Crippen molar-refractivity contribution >= 4 is 23.2 Å². The Kier molecular flexibility index (Phi) is 11.6. The van der Waals surface area contributed by atoms with Gasteiger partial charge >= 0.3 is 6.03 Å². The number of nitrogens with one attached hydrogen (secondary N) is 1. The summed E-state index contributed by atoms with van der Waals surface area (Å²) in [6.45, 7) is 6.95. The van der Waals surface area contributed by atoms with E-state index in [2.05, 4.69) is 48.8 Å². The highest BCUT2D eigenvalue weighted by molar-refractivity contribution is 7.09. The Morgan fingerprint density at radius 1 is 0.980 bits per heavy atom. The van der Waals surface area contributed by atoms with Gasteiger partial charge in [-0.1, -0.05) is 97.4 Å². The number of thiophene rings is 1.